The molecule has 1 heterocycles. The van der Waals surface area contributed by atoms with Gasteiger partial charge in [-0.15, -0.1) is 0 Å². The van der Waals surface area contributed by atoms with Crippen LogP contribution in [0.15, 0.2) is 28.7 Å². The molecule has 0 aliphatic carbocycles. The molecule has 1 N–H and O–H groups in total. The van der Waals surface area contributed by atoms with Crippen LogP contribution in [0.4, 0.5) is 0 Å². The first-order valence-corrected chi connectivity index (χ1v) is 8.07. The summed E-state index contributed by atoms with van der Waals surface area (Å²) < 4.78 is 1.06. The van der Waals surface area contributed by atoms with E-state index in [0.29, 0.717) is 5.92 Å². The summed E-state index contributed by atoms with van der Waals surface area (Å²) in [7, 11) is 0. The summed E-state index contributed by atoms with van der Waals surface area (Å²) in [4.78, 5) is 9.33. The van der Waals surface area contributed by atoms with Crippen LogP contribution >= 0.6 is 15.9 Å². The molecule has 21 heavy (non-hydrogen) atoms. The Morgan fingerprint density at radius 1 is 1.05 bits per heavy atom. The molecule has 0 aliphatic heterocycles. The Morgan fingerprint density at radius 3 is 2.14 bits per heavy atom. The molecule has 0 atom stereocenters. The summed E-state index contributed by atoms with van der Waals surface area (Å²) in [6, 6.07) is 8.10. The van der Waals surface area contributed by atoms with E-state index in [2.05, 4.69) is 58.9 Å². The van der Waals surface area contributed by atoms with Gasteiger partial charge in [-0.3, -0.25) is 0 Å². The Balaban J connectivity index is 2.22. The molecule has 0 amide bonds. The van der Waals surface area contributed by atoms with Crippen LogP contribution in [0.5, 0.6) is 0 Å². The van der Waals surface area contributed by atoms with Crippen molar-refractivity contribution in [1.82, 2.24) is 15.3 Å². The Hall–Kier alpha value is -1.26. The normalized spacial score (nSPS) is 11.1. The van der Waals surface area contributed by atoms with Crippen molar-refractivity contribution >= 4 is 15.9 Å². The Labute approximate surface area is 135 Å². The first-order chi connectivity index (χ1) is 9.97. The van der Waals surface area contributed by atoms with E-state index in [1.165, 1.54) is 5.56 Å². The van der Waals surface area contributed by atoms with E-state index in [9.17, 15) is 0 Å². The van der Waals surface area contributed by atoms with E-state index in [0.717, 1.165) is 40.3 Å². The summed E-state index contributed by atoms with van der Waals surface area (Å²) in [5.41, 5.74) is 4.36. The molecule has 2 aromatic rings. The summed E-state index contributed by atoms with van der Waals surface area (Å²) in [6.07, 6.45) is 0. The third kappa shape index (κ3) is 4.35. The predicted molar refractivity (Wildman–Crippen MR) is 91.2 cm³/mol. The fourth-order valence-electron chi connectivity index (χ4n) is 2.21. The Kier molecular flexibility index (Phi) is 5.48. The number of hydrogen-bond acceptors (Lipinski definition) is 3. The number of hydrogen-bond donors (Lipinski definition) is 1. The molecule has 112 valence electrons. The second-order valence-corrected chi connectivity index (χ2v) is 6.64. The zero-order chi connectivity index (χ0) is 15.4. The molecule has 4 heteroatoms. The van der Waals surface area contributed by atoms with Gasteiger partial charge >= 0.3 is 0 Å². The topological polar surface area (TPSA) is 37.8 Å². The van der Waals surface area contributed by atoms with Crippen molar-refractivity contribution in [1.29, 1.82) is 0 Å². The third-order valence-electron chi connectivity index (χ3n) is 3.38. The standard InChI is InChI=1S/C17H22BrN3/c1-11(2)9-19-10-16-12(3)20-17(21-13(16)4)14-5-7-15(18)8-6-14/h5-8,11,19H,9-10H2,1-4H3. The van der Waals surface area contributed by atoms with Crippen molar-refractivity contribution in [2.45, 2.75) is 34.2 Å². The second kappa shape index (κ2) is 7.14. The van der Waals surface area contributed by atoms with Gasteiger partial charge in [0.05, 0.1) is 0 Å². The highest BCUT2D eigenvalue weighted by atomic mass is 79.9. The van der Waals surface area contributed by atoms with Crippen molar-refractivity contribution in [3.63, 3.8) is 0 Å². The van der Waals surface area contributed by atoms with Crippen molar-refractivity contribution in [2.75, 3.05) is 6.54 Å². The zero-order valence-corrected chi connectivity index (χ0v) is 14.7. The molecule has 0 aliphatic rings. The summed E-state index contributed by atoms with van der Waals surface area (Å²) in [6.45, 7) is 10.4. The minimum atomic E-state index is 0.647. The van der Waals surface area contributed by atoms with Crippen molar-refractivity contribution < 1.29 is 0 Å². The molecule has 0 radical (unpaired) electrons. The smallest absolute Gasteiger partial charge is 0.159 e. The lowest BCUT2D eigenvalue weighted by Crippen LogP contribution is -2.21. The second-order valence-electron chi connectivity index (χ2n) is 5.73. The van der Waals surface area contributed by atoms with E-state index >= 15 is 0 Å². The largest absolute Gasteiger partial charge is 0.312 e. The van der Waals surface area contributed by atoms with Crippen LogP contribution in [-0.4, -0.2) is 16.5 Å². The zero-order valence-electron chi connectivity index (χ0n) is 13.1. The van der Waals surface area contributed by atoms with Crippen LogP contribution in [0.25, 0.3) is 11.4 Å². The van der Waals surface area contributed by atoms with Gasteiger partial charge in [0.2, 0.25) is 0 Å². The minimum Gasteiger partial charge on any atom is -0.312 e. The van der Waals surface area contributed by atoms with Crippen LogP contribution in [0.2, 0.25) is 0 Å². The number of nitrogens with zero attached hydrogens (tertiary/aromatic N) is 2. The van der Waals surface area contributed by atoms with E-state index in [1.807, 2.05) is 24.3 Å². The summed E-state index contributed by atoms with van der Waals surface area (Å²) in [5.74, 6) is 1.44. The fraction of sp³-hybridized carbons (Fsp3) is 0.412. The number of rotatable bonds is 5. The van der Waals surface area contributed by atoms with Crippen molar-refractivity contribution in [3.8, 4) is 11.4 Å². The lowest BCUT2D eigenvalue weighted by molar-refractivity contribution is 0.549. The van der Waals surface area contributed by atoms with Gasteiger partial charge in [0, 0.05) is 33.5 Å². The number of aryl methyl sites for hydroxylation is 2. The van der Waals surface area contributed by atoms with Gasteiger partial charge in [-0.2, -0.15) is 0 Å². The highest BCUT2D eigenvalue weighted by Gasteiger charge is 2.10. The lowest BCUT2D eigenvalue weighted by atomic mass is 10.1. The van der Waals surface area contributed by atoms with Crippen molar-refractivity contribution in [2.24, 2.45) is 5.92 Å². The predicted octanol–water partition coefficient (Wildman–Crippen LogP) is 4.27. The minimum absolute atomic E-state index is 0.647. The molecule has 0 saturated carbocycles. The third-order valence-corrected chi connectivity index (χ3v) is 3.91. The molecular weight excluding hydrogens is 326 g/mol. The Bertz CT molecular complexity index is 583. The van der Waals surface area contributed by atoms with Gasteiger partial charge in [0.1, 0.15) is 0 Å². The highest BCUT2D eigenvalue weighted by Crippen LogP contribution is 2.21. The fourth-order valence-corrected chi connectivity index (χ4v) is 2.47. The first-order valence-electron chi connectivity index (χ1n) is 7.28. The van der Waals surface area contributed by atoms with Gasteiger partial charge in [-0.05, 0) is 38.4 Å². The number of benzene rings is 1. The molecule has 2 rings (SSSR count). The first kappa shape index (κ1) is 16.1. The maximum absolute atomic E-state index is 4.67. The van der Waals surface area contributed by atoms with Gasteiger partial charge in [0.25, 0.3) is 0 Å². The monoisotopic (exact) mass is 347 g/mol. The van der Waals surface area contributed by atoms with Crippen LogP contribution < -0.4 is 5.32 Å². The molecule has 0 unspecified atom stereocenters. The SMILES string of the molecule is Cc1nc(-c2ccc(Br)cc2)nc(C)c1CNCC(C)C. The quantitative estimate of drug-likeness (QED) is 0.877. The number of halogens is 1. The van der Waals surface area contributed by atoms with E-state index in [1.54, 1.807) is 0 Å². The van der Waals surface area contributed by atoms with Crippen LogP contribution in [0.3, 0.4) is 0 Å². The molecular formula is C17H22BrN3. The van der Waals surface area contributed by atoms with E-state index in [-0.39, 0.29) is 0 Å². The molecule has 1 aromatic carbocycles. The van der Waals surface area contributed by atoms with Gasteiger partial charge in [-0.25, -0.2) is 9.97 Å². The van der Waals surface area contributed by atoms with Gasteiger partial charge < -0.3 is 5.32 Å². The Morgan fingerprint density at radius 2 is 1.62 bits per heavy atom. The molecule has 0 bridgehead atoms. The van der Waals surface area contributed by atoms with Crippen molar-refractivity contribution in [3.05, 3.63) is 45.7 Å². The summed E-state index contributed by atoms with van der Waals surface area (Å²) >= 11 is 3.45. The average Bonchev–Trinajstić information content (AvgIpc) is 2.42. The highest BCUT2D eigenvalue weighted by molar-refractivity contribution is 9.10. The molecule has 1 aromatic heterocycles. The van der Waals surface area contributed by atoms with Crippen LogP contribution in [0, 0.1) is 19.8 Å². The molecule has 0 saturated heterocycles. The summed E-state index contributed by atoms with van der Waals surface area (Å²) in [5, 5.41) is 3.46. The van der Waals surface area contributed by atoms with Crippen LogP contribution in [0.1, 0.15) is 30.8 Å². The number of nitrogens with one attached hydrogen (secondary N) is 1. The van der Waals surface area contributed by atoms with E-state index in [4.69, 9.17) is 0 Å². The van der Waals surface area contributed by atoms with Gasteiger partial charge in [-0.1, -0.05) is 41.9 Å². The number of aromatic nitrogens is 2. The van der Waals surface area contributed by atoms with Crippen LogP contribution in [-0.2, 0) is 6.54 Å². The lowest BCUT2D eigenvalue weighted by Gasteiger charge is -2.13. The average molecular weight is 348 g/mol. The molecule has 3 nitrogen and oxygen atoms in total. The van der Waals surface area contributed by atoms with Gasteiger partial charge in [0.15, 0.2) is 5.82 Å². The molecule has 0 spiro atoms. The maximum atomic E-state index is 4.67. The van der Waals surface area contributed by atoms with E-state index < -0.39 is 0 Å². The molecule has 0 fully saturated rings. The maximum Gasteiger partial charge on any atom is 0.159 e.